The highest BCUT2D eigenvalue weighted by molar-refractivity contribution is 6.82. The van der Waals surface area contributed by atoms with Crippen molar-refractivity contribution in [2.24, 2.45) is 0 Å². The van der Waals surface area contributed by atoms with Crippen molar-refractivity contribution in [1.82, 2.24) is 0 Å². The van der Waals surface area contributed by atoms with Gasteiger partial charge in [-0.25, -0.2) is 0 Å². The predicted molar refractivity (Wildman–Crippen MR) is 77.7 cm³/mol. The molecule has 0 heterocycles. The van der Waals surface area contributed by atoms with Crippen LogP contribution in [-0.4, -0.2) is 14.8 Å². The van der Waals surface area contributed by atoms with E-state index in [0.717, 1.165) is 6.71 Å². The average molecular weight is 224 g/mol. The van der Waals surface area contributed by atoms with Crippen LogP contribution < -0.4 is 0 Å². The molecular formula is C13H29BSi. The largest absolute Gasteiger partial charge is 0.165 e. The maximum Gasteiger partial charge on any atom is 0.165 e. The lowest BCUT2D eigenvalue weighted by molar-refractivity contribution is 0.845. The molecule has 0 radical (unpaired) electrons. The third-order valence-corrected chi connectivity index (χ3v) is 3.92. The molecule has 0 saturated carbocycles. The second-order valence-electron chi connectivity index (χ2n) is 5.77. The van der Waals surface area contributed by atoms with Gasteiger partial charge in [0.15, 0.2) is 6.71 Å². The summed E-state index contributed by atoms with van der Waals surface area (Å²) >= 11 is 0. The molecule has 0 N–H and O–H groups in total. The van der Waals surface area contributed by atoms with E-state index in [1.165, 1.54) is 38.3 Å². The molecule has 88 valence electrons. The molecular weight excluding hydrogens is 195 g/mol. The van der Waals surface area contributed by atoms with Gasteiger partial charge in [-0.1, -0.05) is 71.8 Å². The molecule has 0 spiro atoms. The first kappa shape index (κ1) is 15.0. The summed E-state index contributed by atoms with van der Waals surface area (Å²) in [5.41, 5.74) is 2.53. The van der Waals surface area contributed by atoms with Crippen LogP contribution in [0.3, 0.4) is 0 Å². The lowest BCUT2D eigenvalue weighted by Gasteiger charge is -2.12. The fourth-order valence-corrected chi connectivity index (χ4v) is 2.54. The summed E-state index contributed by atoms with van der Waals surface area (Å²) in [6, 6.07) is 0. The van der Waals surface area contributed by atoms with E-state index in [1.807, 2.05) is 0 Å². The summed E-state index contributed by atoms with van der Waals surface area (Å²) in [7, 11) is -0.979. The molecule has 0 saturated heterocycles. The smallest absolute Gasteiger partial charge is 0.123 e. The Labute approximate surface area is 98.6 Å². The Kier molecular flexibility index (Phi) is 8.22. The van der Waals surface area contributed by atoms with E-state index in [1.54, 1.807) is 0 Å². The number of unbranched alkanes of at least 4 members (excludes halogenated alkanes) is 2. The molecule has 0 aromatic rings. The number of hydrogen-bond donors (Lipinski definition) is 0. The molecule has 0 atom stereocenters. The van der Waals surface area contributed by atoms with Gasteiger partial charge >= 0.3 is 0 Å². The molecule has 0 aromatic heterocycles. The monoisotopic (exact) mass is 224 g/mol. The van der Waals surface area contributed by atoms with E-state index in [4.69, 9.17) is 0 Å². The fourth-order valence-electron chi connectivity index (χ4n) is 1.69. The minimum absolute atomic E-state index is 0.858. The Morgan fingerprint density at radius 2 is 1.40 bits per heavy atom. The van der Waals surface area contributed by atoms with Crippen molar-refractivity contribution in [1.29, 1.82) is 0 Å². The molecule has 0 unspecified atom stereocenters. The zero-order chi connectivity index (χ0) is 11.7. The fraction of sp³-hybridized carbons (Fsp3) is 0.846. The SMILES string of the molecule is CCCCB(C=C[Si](C)(C)C)CCCC. The first-order valence-corrected chi connectivity index (χ1v) is 10.3. The van der Waals surface area contributed by atoms with Crippen LogP contribution >= 0.6 is 0 Å². The average Bonchev–Trinajstić information content (AvgIpc) is 2.15. The minimum atomic E-state index is -0.979. The Morgan fingerprint density at radius 3 is 1.73 bits per heavy atom. The summed E-state index contributed by atoms with van der Waals surface area (Å²) < 4.78 is 0. The lowest BCUT2D eigenvalue weighted by atomic mass is 9.44. The second kappa shape index (κ2) is 8.21. The summed E-state index contributed by atoms with van der Waals surface area (Å²) in [6.07, 6.45) is 8.26. The Morgan fingerprint density at radius 1 is 0.933 bits per heavy atom. The summed E-state index contributed by atoms with van der Waals surface area (Å²) in [6.45, 7) is 12.7. The first-order chi connectivity index (χ1) is 6.99. The Balaban J connectivity index is 4.04. The predicted octanol–water partition coefficient (Wildman–Crippen LogP) is 5.05. The molecule has 0 amide bonds. The summed E-state index contributed by atoms with van der Waals surface area (Å²) in [5.74, 6) is 2.53. The van der Waals surface area contributed by atoms with E-state index < -0.39 is 8.07 Å². The van der Waals surface area contributed by atoms with Gasteiger partial charge in [-0.15, -0.1) is 11.7 Å². The molecule has 2 heteroatoms. The van der Waals surface area contributed by atoms with E-state index in [9.17, 15) is 0 Å². The van der Waals surface area contributed by atoms with Gasteiger partial charge in [0.1, 0.15) is 0 Å². The highest BCUT2D eigenvalue weighted by Crippen LogP contribution is 2.13. The third kappa shape index (κ3) is 10.3. The van der Waals surface area contributed by atoms with Crippen molar-refractivity contribution >= 4 is 14.8 Å². The van der Waals surface area contributed by atoms with Crippen LogP contribution in [0, 0.1) is 0 Å². The number of hydrogen-bond acceptors (Lipinski definition) is 0. The lowest BCUT2D eigenvalue weighted by Crippen LogP contribution is -2.18. The van der Waals surface area contributed by atoms with Crippen molar-refractivity contribution in [3.63, 3.8) is 0 Å². The van der Waals surface area contributed by atoms with Crippen LogP contribution in [0.5, 0.6) is 0 Å². The molecule has 0 aliphatic rings. The van der Waals surface area contributed by atoms with Gasteiger partial charge in [-0.05, 0) is 0 Å². The minimum Gasteiger partial charge on any atom is -0.123 e. The highest BCUT2D eigenvalue weighted by atomic mass is 28.3. The van der Waals surface area contributed by atoms with Gasteiger partial charge in [0.25, 0.3) is 0 Å². The third-order valence-electron chi connectivity index (χ3n) is 2.73. The molecule has 0 bridgehead atoms. The van der Waals surface area contributed by atoms with E-state index >= 15 is 0 Å². The topological polar surface area (TPSA) is 0 Å². The zero-order valence-electron chi connectivity index (χ0n) is 11.5. The first-order valence-electron chi connectivity index (χ1n) is 6.69. The number of rotatable bonds is 8. The second-order valence-corrected chi connectivity index (χ2v) is 10.8. The van der Waals surface area contributed by atoms with Crippen LogP contribution in [0.15, 0.2) is 11.7 Å². The van der Waals surface area contributed by atoms with Crippen molar-refractivity contribution in [3.8, 4) is 0 Å². The van der Waals surface area contributed by atoms with E-state index in [-0.39, 0.29) is 0 Å². The van der Waals surface area contributed by atoms with Gasteiger partial charge in [0, 0.05) is 0 Å². The van der Waals surface area contributed by atoms with E-state index in [2.05, 4.69) is 45.2 Å². The van der Waals surface area contributed by atoms with Gasteiger partial charge < -0.3 is 0 Å². The molecule has 0 aliphatic heterocycles. The van der Waals surface area contributed by atoms with Crippen molar-refractivity contribution in [2.45, 2.75) is 71.8 Å². The molecule has 0 nitrogen and oxygen atoms in total. The van der Waals surface area contributed by atoms with Crippen LogP contribution in [0.25, 0.3) is 0 Å². The maximum absolute atomic E-state index is 2.53. The van der Waals surface area contributed by atoms with Gasteiger partial charge in [0.2, 0.25) is 0 Å². The molecule has 0 fully saturated rings. The molecule has 0 aliphatic carbocycles. The zero-order valence-corrected chi connectivity index (χ0v) is 12.5. The quantitative estimate of drug-likeness (QED) is 0.506. The summed E-state index contributed by atoms with van der Waals surface area (Å²) in [4.78, 5) is 0. The van der Waals surface area contributed by atoms with Crippen LogP contribution in [0.4, 0.5) is 0 Å². The standard InChI is InChI=1S/C13H29BSi/c1-6-8-10-14(11-9-7-2)12-13-15(3,4)5/h12-13H,6-11H2,1-5H3. The van der Waals surface area contributed by atoms with Crippen molar-refractivity contribution in [3.05, 3.63) is 11.7 Å². The molecule has 15 heavy (non-hydrogen) atoms. The molecule has 0 aromatic carbocycles. The van der Waals surface area contributed by atoms with Gasteiger partial charge in [-0.3, -0.25) is 0 Å². The van der Waals surface area contributed by atoms with Gasteiger partial charge in [-0.2, -0.15) is 0 Å². The van der Waals surface area contributed by atoms with Gasteiger partial charge in [0.05, 0.1) is 8.07 Å². The van der Waals surface area contributed by atoms with Crippen molar-refractivity contribution in [2.75, 3.05) is 0 Å². The normalized spacial score (nSPS) is 12.3. The highest BCUT2D eigenvalue weighted by Gasteiger charge is 2.12. The van der Waals surface area contributed by atoms with Crippen LogP contribution in [0.1, 0.15) is 39.5 Å². The Hall–Kier alpha value is 0.0218. The van der Waals surface area contributed by atoms with E-state index in [0.29, 0.717) is 0 Å². The van der Waals surface area contributed by atoms with Crippen LogP contribution in [0.2, 0.25) is 32.3 Å². The summed E-state index contributed by atoms with van der Waals surface area (Å²) in [5, 5.41) is 0. The Bertz CT molecular complexity index is 162. The molecule has 0 rings (SSSR count). The van der Waals surface area contributed by atoms with Crippen molar-refractivity contribution < 1.29 is 0 Å². The van der Waals surface area contributed by atoms with Crippen LogP contribution in [-0.2, 0) is 0 Å². The maximum atomic E-state index is 2.53.